The zero-order chi connectivity index (χ0) is 42.3. The molecule has 0 radical (unpaired) electrons. The number of nitrogens with one attached hydrogen (secondary N) is 2. The van der Waals surface area contributed by atoms with Crippen molar-refractivity contribution in [3.05, 3.63) is 218 Å². The average Bonchev–Trinajstić information content (AvgIpc) is 4.18. The van der Waals surface area contributed by atoms with Crippen LogP contribution in [0.4, 0.5) is 0 Å². The van der Waals surface area contributed by atoms with E-state index in [0.717, 1.165) is 90.3 Å². The maximum atomic E-state index is 5.60. The normalized spacial score (nSPS) is 11.9. The van der Waals surface area contributed by atoms with Crippen molar-refractivity contribution in [2.75, 3.05) is 0 Å². The quantitative estimate of drug-likeness (QED) is 0.137. The molecule has 0 spiro atoms. The predicted molar refractivity (Wildman–Crippen MR) is 254 cm³/mol. The van der Waals surface area contributed by atoms with E-state index >= 15 is 0 Å². The van der Waals surface area contributed by atoms with Crippen molar-refractivity contribution in [2.45, 2.75) is 38.5 Å². The van der Waals surface area contributed by atoms with Gasteiger partial charge in [0.2, 0.25) is 0 Å². The van der Waals surface area contributed by atoms with Gasteiger partial charge in [0.15, 0.2) is 11.6 Å². The Balaban J connectivity index is 1.18. The van der Waals surface area contributed by atoms with Gasteiger partial charge in [-0.2, -0.15) is 0 Å². The number of rotatable bonds is 11. The summed E-state index contributed by atoms with van der Waals surface area (Å²) in [5.74, 6) is 1.69. The Morgan fingerprint density at radius 3 is 0.935 bits per heavy atom. The van der Waals surface area contributed by atoms with E-state index in [1.54, 1.807) is 0 Å². The van der Waals surface area contributed by atoms with Crippen LogP contribution in [0.5, 0.6) is 0 Å². The molecule has 0 bridgehead atoms. The average molecular weight is 805 g/mol. The highest BCUT2D eigenvalue weighted by Gasteiger charge is 2.44. The number of hydrogen-bond donors (Lipinski definition) is 2. The molecule has 6 nitrogen and oxygen atoms in total. The number of aromatic amines is 2. The third-order valence-corrected chi connectivity index (χ3v) is 12.8. The van der Waals surface area contributed by atoms with Crippen LogP contribution in [0, 0.1) is 0 Å². The molecule has 0 saturated carbocycles. The molecule has 10 aromatic rings. The van der Waals surface area contributed by atoms with Gasteiger partial charge in [-0.05, 0) is 46.5 Å². The second-order valence-electron chi connectivity index (χ2n) is 16.9. The van der Waals surface area contributed by atoms with Crippen molar-refractivity contribution < 1.29 is 0 Å². The smallest absolute Gasteiger partial charge is 0.161 e. The highest BCUT2D eigenvalue weighted by atomic mass is 15.1. The SMILES string of the molecule is CC(C)(c1cn(-c2c(-c3ccccc3)cccc2-c2ccccc2)c(-c2ccc[nH]2)n1)C(C)(C)c1cn(-c2c(-c3ccccc3)cccc2-c2ccccc2)c(-c2ccc[nH]2)n1. The van der Waals surface area contributed by atoms with Gasteiger partial charge in [0.05, 0.1) is 34.2 Å². The van der Waals surface area contributed by atoms with Crippen LogP contribution in [0.2, 0.25) is 0 Å². The molecule has 0 atom stereocenters. The van der Waals surface area contributed by atoms with E-state index in [0.29, 0.717) is 0 Å². The predicted octanol–water partition coefficient (Wildman–Crippen LogP) is 14.0. The lowest BCUT2D eigenvalue weighted by atomic mass is 9.64. The first-order valence-electron chi connectivity index (χ1n) is 21.3. The molecule has 0 aliphatic heterocycles. The van der Waals surface area contributed by atoms with Gasteiger partial charge < -0.3 is 9.97 Å². The summed E-state index contributed by atoms with van der Waals surface area (Å²) >= 11 is 0. The zero-order valence-corrected chi connectivity index (χ0v) is 35.4. The van der Waals surface area contributed by atoms with Crippen LogP contribution in [-0.2, 0) is 10.8 Å². The molecule has 4 aromatic heterocycles. The summed E-state index contributed by atoms with van der Waals surface area (Å²) in [6, 6.07) is 64.1. The summed E-state index contributed by atoms with van der Waals surface area (Å²) in [5.41, 5.74) is 14.0. The van der Waals surface area contributed by atoms with Crippen molar-refractivity contribution in [1.82, 2.24) is 29.1 Å². The van der Waals surface area contributed by atoms with Crippen molar-refractivity contribution in [3.8, 4) is 78.9 Å². The summed E-state index contributed by atoms with van der Waals surface area (Å²) in [6.07, 6.45) is 8.45. The minimum atomic E-state index is -0.526. The molecule has 0 unspecified atom stereocenters. The van der Waals surface area contributed by atoms with E-state index in [4.69, 9.17) is 9.97 Å². The largest absolute Gasteiger partial charge is 0.359 e. The van der Waals surface area contributed by atoms with Crippen LogP contribution in [0.1, 0.15) is 39.1 Å². The second kappa shape index (κ2) is 15.7. The number of hydrogen-bond acceptors (Lipinski definition) is 2. The minimum Gasteiger partial charge on any atom is -0.359 e. The van der Waals surface area contributed by atoms with E-state index in [9.17, 15) is 0 Å². The summed E-state index contributed by atoms with van der Waals surface area (Å²) in [4.78, 5) is 18.2. The molecular weight excluding hydrogens is 757 g/mol. The first-order chi connectivity index (χ1) is 30.3. The monoisotopic (exact) mass is 804 g/mol. The van der Waals surface area contributed by atoms with Crippen LogP contribution in [0.15, 0.2) is 207 Å². The number of nitrogens with zero attached hydrogens (tertiary/aromatic N) is 4. The highest BCUT2D eigenvalue weighted by molar-refractivity contribution is 5.88. The number of imidazole rings is 2. The van der Waals surface area contributed by atoms with E-state index in [1.165, 1.54) is 0 Å². The molecular formula is C56H48N6. The first-order valence-corrected chi connectivity index (χ1v) is 21.3. The maximum absolute atomic E-state index is 5.60. The van der Waals surface area contributed by atoms with E-state index < -0.39 is 10.8 Å². The zero-order valence-electron chi connectivity index (χ0n) is 35.4. The molecule has 0 fully saturated rings. The van der Waals surface area contributed by atoms with Crippen LogP contribution in [0.25, 0.3) is 78.9 Å². The fraction of sp³-hybridized carbons (Fsp3) is 0.107. The Kier molecular flexibility index (Phi) is 9.76. The summed E-state index contributed by atoms with van der Waals surface area (Å²) in [5, 5.41) is 0. The Labute approximate surface area is 363 Å². The molecule has 62 heavy (non-hydrogen) atoms. The summed E-state index contributed by atoms with van der Waals surface area (Å²) < 4.78 is 4.60. The molecule has 0 aliphatic rings. The van der Waals surface area contributed by atoms with Gasteiger partial charge in [0, 0.05) is 57.9 Å². The van der Waals surface area contributed by atoms with Crippen LogP contribution in [0.3, 0.4) is 0 Å². The highest BCUT2D eigenvalue weighted by Crippen LogP contribution is 2.47. The number of H-pyrrole nitrogens is 2. The number of benzene rings is 6. The van der Waals surface area contributed by atoms with Gasteiger partial charge >= 0.3 is 0 Å². The van der Waals surface area contributed by atoms with Crippen molar-refractivity contribution in [2.24, 2.45) is 0 Å². The van der Waals surface area contributed by atoms with Gasteiger partial charge in [-0.3, -0.25) is 9.13 Å². The molecule has 0 saturated heterocycles. The summed E-state index contributed by atoms with van der Waals surface area (Å²) in [6.45, 7) is 9.22. The molecule has 0 amide bonds. The van der Waals surface area contributed by atoms with Crippen LogP contribution >= 0.6 is 0 Å². The standard InChI is InChI=1S/C56H48N6/c1-55(2,49-37-61(53(59-49)47-33-19-35-57-47)51-43(39-21-9-5-10-22-39)29-17-30-44(51)40-23-11-6-12-24-40)56(3,4)50-38-62(54(60-50)48-34-20-36-58-48)52-45(41-25-13-7-14-26-41)31-18-32-46(52)42-27-15-8-16-28-42/h5-38,57-58H,1-4H3. The molecule has 6 heteroatoms. The molecule has 6 aromatic carbocycles. The molecule has 2 N–H and O–H groups in total. The molecule has 0 aliphatic carbocycles. The van der Waals surface area contributed by atoms with Gasteiger partial charge in [-0.1, -0.05) is 185 Å². The Hall–Kier alpha value is -7.70. The van der Waals surface area contributed by atoms with Crippen LogP contribution in [-0.4, -0.2) is 29.1 Å². The van der Waals surface area contributed by atoms with Gasteiger partial charge in [0.25, 0.3) is 0 Å². The fourth-order valence-electron chi connectivity index (χ4n) is 8.67. The fourth-order valence-corrected chi connectivity index (χ4v) is 8.67. The summed E-state index contributed by atoms with van der Waals surface area (Å²) in [7, 11) is 0. The Morgan fingerprint density at radius 1 is 0.355 bits per heavy atom. The number of aromatic nitrogens is 6. The molecule has 10 rings (SSSR count). The van der Waals surface area contributed by atoms with Gasteiger partial charge in [0.1, 0.15) is 0 Å². The molecule has 302 valence electrons. The van der Waals surface area contributed by atoms with Crippen molar-refractivity contribution >= 4 is 0 Å². The van der Waals surface area contributed by atoms with Crippen LogP contribution < -0.4 is 0 Å². The van der Waals surface area contributed by atoms with E-state index in [1.807, 2.05) is 24.5 Å². The van der Waals surface area contributed by atoms with Gasteiger partial charge in [-0.15, -0.1) is 0 Å². The lowest BCUT2D eigenvalue weighted by Crippen LogP contribution is -2.41. The third kappa shape index (κ3) is 6.70. The Bertz CT molecular complexity index is 2750. The topological polar surface area (TPSA) is 67.2 Å². The van der Waals surface area contributed by atoms with Crippen molar-refractivity contribution in [1.29, 1.82) is 0 Å². The third-order valence-electron chi connectivity index (χ3n) is 12.8. The van der Waals surface area contributed by atoms with E-state index in [2.05, 4.69) is 229 Å². The number of para-hydroxylation sites is 2. The Morgan fingerprint density at radius 2 is 0.661 bits per heavy atom. The maximum Gasteiger partial charge on any atom is 0.161 e. The second-order valence-corrected chi connectivity index (χ2v) is 16.9. The van der Waals surface area contributed by atoms with E-state index in [-0.39, 0.29) is 0 Å². The lowest BCUT2D eigenvalue weighted by molar-refractivity contribution is 0.290. The minimum absolute atomic E-state index is 0.526. The van der Waals surface area contributed by atoms with Crippen molar-refractivity contribution in [3.63, 3.8) is 0 Å². The molecule has 4 heterocycles. The first kappa shape index (κ1) is 38.5. The lowest BCUT2D eigenvalue weighted by Gasteiger charge is -2.39. The van der Waals surface area contributed by atoms with Gasteiger partial charge in [-0.25, -0.2) is 9.97 Å².